The maximum atomic E-state index is 4.73. The van der Waals surface area contributed by atoms with Crippen molar-refractivity contribution in [1.82, 2.24) is 9.97 Å². The van der Waals surface area contributed by atoms with Crippen LogP contribution in [-0.2, 0) is 0 Å². The van der Waals surface area contributed by atoms with Crippen molar-refractivity contribution in [3.8, 4) is 33.4 Å². The zero-order valence-electron chi connectivity index (χ0n) is 31.0. The Labute approximate surface area is 330 Å². The molecule has 0 aliphatic rings. The molecule has 3 heteroatoms. The van der Waals surface area contributed by atoms with Gasteiger partial charge in [-0.05, 0) is 139 Å². The second kappa shape index (κ2) is 13.6. The van der Waals surface area contributed by atoms with Crippen molar-refractivity contribution >= 4 is 71.2 Å². The lowest BCUT2D eigenvalue weighted by molar-refractivity contribution is 1.29. The van der Waals surface area contributed by atoms with Crippen molar-refractivity contribution in [3.05, 3.63) is 213 Å². The number of hydrogen-bond donors (Lipinski definition) is 0. The lowest BCUT2D eigenvalue weighted by Gasteiger charge is -2.26. The van der Waals surface area contributed by atoms with Gasteiger partial charge >= 0.3 is 0 Å². The van der Waals surface area contributed by atoms with E-state index in [1.165, 1.54) is 49.0 Å². The van der Waals surface area contributed by atoms with Gasteiger partial charge in [0.2, 0.25) is 0 Å². The van der Waals surface area contributed by atoms with E-state index < -0.39 is 0 Å². The minimum absolute atomic E-state index is 1.00. The number of aromatic nitrogens is 2. The molecule has 266 valence electrons. The molecule has 0 radical (unpaired) electrons. The van der Waals surface area contributed by atoms with Crippen LogP contribution in [0, 0.1) is 0 Å². The highest BCUT2D eigenvalue weighted by Gasteiger charge is 2.15. The zero-order chi connectivity index (χ0) is 37.7. The lowest BCUT2D eigenvalue weighted by Crippen LogP contribution is -2.09. The van der Waals surface area contributed by atoms with Gasteiger partial charge in [0.05, 0.1) is 11.0 Å². The highest BCUT2D eigenvalue weighted by Crippen LogP contribution is 2.40. The van der Waals surface area contributed by atoms with Crippen LogP contribution in [0.4, 0.5) is 17.1 Å². The van der Waals surface area contributed by atoms with Crippen LogP contribution in [0.1, 0.15) is 0 Å². The SMILES string of the molecule is c1ccc2cc(-c3ccc4c(ccc5cc(N(c6ccc(-c7ccc8ncccc8c7)cc6)c6ccc(-c7cnc8ccccc8c7)cc6)ccc54)c3)ccc2c1. The number of nitrogens with zero attached hydrogens (tertiary/aromatic N) is 3. The fourth-order valence-electron chi connectivity index (χ4n) is 8.28. The number of hydrogen-bond acceptors (Lipinski definition) is 3. The van der Waals surface area contributed by atoms with Gasteiger partial charge in [-0.3, -0.25) is 9.97 Å². The number of anilines is 3. The minimum Gasteiger partial charge on any atom is -0.310 e. The average Bonchev–Trinajstić information content (AvgIpc) is 3.29. The summed E-state index contributed by atoms with van der Waals surface area (Å²) in [5, 5.41) is 9.70. The molecule has 0 saturated carbocycles. The van der Waals surface area contributed by atoms with Crippen LogP contribution >= 0.6 is 0 Å². The Morgan fingerprint density at radius 2 is 0.754 bits per heavy atom. The first-order chi connectivity index (χ1) is 28.2. The highest BCUT2D eigenvalue weighted by atomic mass is 15.1. The molecule has 3 nitrogen and oxygen atoms in total. The van der Waals surface area contributed by atoms with Crippen LogP contribution in [0.5, 0.6) is 0 Å². The van der Waals surface area contributed by atoms with E-state index in [4.69, 9.17) is 4.98 Å². The van der Waals surface area contributed by atoms with E-state index in [0.717, 1.165) is 55.6 Å². The van der Waals surface area contributed by atoms with Crippen molar-refractivity contribution < 1.29 is 0 Å². The van der Waals surface area contributed by atoms with Gasteiger partial charge in [-0.15, -0.1) is 0 Å². The summed E-state index contributed by atoms with van der Waals surface area (Å²) in [4.78, 5) is 11.6. The Morgan fingerprint density at radius 3 is 1.53 bits per heavy atom. The Kier molecular flexibility index (Phi) is 7.82. The number of para-hydroxylation sites is 1. The zero-order valence-corrected chi connectivity index (χ0v) is 31.0. The molecule has 0 saturated heterocycles. The molecule has 57 heavy (non-hydrogen) atoms. The molecule has 0 N–H and O–H groups in total. The number of rotatable bonds is 6. The maximum Gasteiger partial charge on any atom is 0.0702 e. The first-order valence-electron chi connectivity index (χ1n) is 19.4. The molecular weight excluding hydrogens is 691 g/mol. The first-order valence-corrected chi connectivity index (χ1v) is 19.4. The smallest absolute Gasteiger partial charge is 0.0702 e. The summed E-state index contributed by atoms with van der Waals surface area (Å²) in [5.41, 5.74) is 12.3. The van der Waals surface area contributed by atoms with Crippen molar-refractivity contribution in [2.75, 3.05) is 4.90 Å². The Morgan fingerprint density at radius 1 is 0.281 bits per heavy atom. The molecule has 0 aliphatic heterocycles. The third-order valence-corrected chi connectivity index (χ3v) is 11.3. The van der Waals surface area contributed by atoms with E-state index in [2.05, 4.69) is 198 Å². The summed E-state index contributed by atoms with van der Waals surface area (Å²) in [5.74, 6) is 0. The standard InChI is InChI=1S/C54H35N3/c1-2-7-39-30-41(12-11-36(39)6-1)42-19-26-51-43(31-42)13-14-44-34-50(25-27-52(44)51)57(48-21-15-37(16-22-48)40-20-28-54-46(32-40)9-5-29-55-54)49-23-17-38(18-24-49)47-33-45-8-3-4-10-53(45)56-35-47/h1-35H. The van der Waals surface area contributed by atoms with E-state index >= 15 is 0 Å². The van der Waals surface area contributed by atoms with Gasteiger partial charge < -0.3 is 4.90 Å². The van der Waals surface area contributed by atoms with E-state index in [9.17, 15) is 0 Å². The van der Waals surface area contributed by atoms with Crippen LogP contribution in [0.2, 0.25) is 0 Å². The van der Waals surface area contributed by atoms with Gasteiger partial charge in [0, 0.05) is 45.8 Å². The van der Waals surface area contributed by atoms with Crippen molar-refractivity contribution in [3.63, 3.8) is 0 Å². The Balaban J connectivity index is 0.981. The van der Waals surface area contributed by atoms with Crippen LogP contribution in [0.15, 0.2) is 213 Å². The first kappa shape index (κ1) is 32.8. The van der Waals surface area contributed by atoms with Gasteiger partial charge in [-0.1, -0.05) is 121 Å². The molecule has 11 aromatic rings. The van der Waals surface area contributed by atoms with Crippen LogP contribution in [0.3, 0.4) is 0 Å². The van der Waals surface area contributed by atoms with E-state index in [0.29, 0.717) is 0 Å². The van der Waals surface area contributed by atoms with Crippen LogP contribution in [-0.4, -0.2) is 9.97 Å². The molecule has 0 unspecified atom stereocenters. The van der Waals surface area contributed by atoms with Crippen LogP contribution in [0.25, 0.3) is 87.5 Å². The van der Waals surface area contributed by atoms with Crippen molar-refractivity contribution in [2.45, 2.75) is 0 Å². The largest absolute Gasteiger partial charge is 0.310 e. The van der Waals surface area contributed by atoms with E-state index in [1.807, 2.05) is 24.5 Å². The molecule has 2 heterocycles. The molecule has 0 atom stereocenters. The van der Waals surface area contributed by atoms with E-state index in [1.54, 1.807) is 0 Å². The molecule has 2 aromatic heterocycles. The minimum atomic E-state index is 1.00. The molecule has 11 rings (SSSR count). The fraction of sp³-hybridized carbons (Fsp3) is 0. The summed E-state index contributed by atoms with van der Waals surface area (Å²) in [7, 11) is 0. The predicted octanol–water partition coefficient (Wildman–Crippen LogP) is 14.7. The Hall–Kier alpha value is -7.62. The number of benzene rings is 9. The van der Waals surface area contributed by atoms with Crippen LogP contribution < -0.4 is 4.90 Å². The van der Waals surface area contributed by atoms with Gasteiger partial charge in [-0.2, -0.15) is 0 Å². The molecule has 0 spiro atoms. The summed E-state index contributed by atoms with van der Waals surface area (Å²) in [6.45, 7) is 0. The molecule has 0 bridgehead atoms. The number of pyridine rings is 2. The second-order valence-electron chi connectivity index (χ2n) is 14.7. The third kappa shape index (κ3) is 6.03. The average molecular weight is 726 g/mol. The maximum absolute atomic E-state index is 4.73. The van der Waals surface area contributed by atoms with Crippen molar-refractivity contribution in [2.24, 2.45) is 0 Å². The Bertz CT molecular complexity index is 3170. The monoisotopic (exact) mass is 725 g/mol. The normalized spacial score (nSPS) is 11.5. The molecule has 0 fully saturated rings. The third-order valence-electron chi connectivity index (χ3n) is 11.3. The molecule has 9 aromatic carbocycles. The van der Waals surface area contributed by atoms with Crippen molar-refractivity contribution in [1.29, 1.82) is 0 Å². The summed E-state index contributed by atoms with van der Waals surface area (Å²) < 4.78 is 0. The number of fused-ring (bicyclic) bond motifs is 6. The summed E-state index contributed by atoms with van der Waals surface area (Å²) in [6.07, 6.45) is 3.81. The molecule has 0 amide bonds. The topological polar surface area (TPSA) is 29.0 Å². The highest BCUT2D eigenvalue weighted by molar-refractivity contribution is 6.09. The van der Waals surface area contributed by atoms with Gasteiger partial charge in [0.15, 0.2) is 0 Å². The molecular formula is C54H35N3. The van der Waals surface area contributed by atoms with Gasteiger partial charge in [-0.25, -0.2) is 0 Å². The summed E-state index contributed by atoms with van der Waals surface area (Å²) >= 11 is 0. The second-order valence-corrected chi connectivity index (χ2v) is 14.7. The fourth-order valence-corrected chi connectivity index (χ4v) is 8.28. The van der Waals surface area contributed by atoms with Gasteiger partial charge in [0.1, 0.15) is 0 Å². The quantitative estimate of drug-likeness (QED) is 0.160. The predicted molar refractivity (Wildman–Crippen MR) is 241 cm³/mol. The van der Waals surface area contributed by atoms with E-state index in [-0.39, 0.29) is 0 Å². The molecule has 0 aliphatic carbocycles. The summed E-state index contributed by atoms with van der Waals surface area (Å²) in [6, 6.07) is 72.3. The van der Waals surface area contributed by atoms with Gasteiger partial charge in [0.25, 0.3) is 0 Å². The lowest BCUT2D eigenvalue weighted by atomic mass is 9.96.